The van der Waals surface area contributed by atoms with E-state index in [1.54, 1.807) is 11.8 Å². The number of carbonyl (C=O) groups is 2. The summed E-state index contributed by atoms with van der Waals surface area (Å²) in [6, 6.07) is 25.8. The Balaban J connectivity index is 1.45. The summed E-state index contributed by atoms with van der Waals surface area (Å²) in [5.74, 6) is 0.253. The van der Waals surface area contributed by atoms with Crippen molar-refractivity contribution in [2.45, 2.75) is 18.2 Å². The first-order chi connectivity index (χ1) is 15.6. The molecule has 0 aromatic heterocycles. The highest BCUT2D eigenvalue weighted by molar-refractivity contribution is 8.15. The number of thioether (sulfide) groups is 1. The number of fused-ring (bicyclic) bond motifs is 3. The van der Waals surface area contributed by atoms with Crippen LogP contribution in [0.3, 0.4) is 0 Å². The fraction of sp³-hybridized carbons (Fsp3) is 0.120. The smallest absolute Gasteiger partial charge is 0.263 e. The van der Waals surface area contributed by atoms with Crippen LogP contribution < -0.4 is 5.32 Å². The molecule has 0 fully saturated rings. The third-order valence-corrected chi connectivity index (χ3v) is 6.33. The number of para-hydroxylation sites is 2. The molecule has 32 heavy (non-hydrogen) atoms. The molecule has 5 rings (SSSR count). The maximum atomic E-state index is 13.4. The van der Waals surface area contributed by atoms with Gasteiger partial charge in [-0.1, -0.05) is 72.4 Å². The van der Waals surface area contributed by atoms with Crippen LogP contribution in [0.4, 0.5) is 11.4 Å². The molecule has 6 nitrogen and oxygen atoms in total. The van der Waals surface area contributed by atoms with Gasteiger partial charge in [0.25, 0.3) is 5.91 Å². The van der Waals surface area contributed by atoms with E-state index in [2.05, 4.69) is 5.32 Å². The van der Waals surface area contributed by atoms with Crippen molar-refractivity contribution in [1.29, 1.82) is 0 Å². The number of rotatable bonds is 4. The Morgan fingerprint density at radius 2 is 1.62 bits per heavy atom. The lowest BCUT2D eigenvalue weighted by molar-refractivity contribution is -0.124. The molecule has 0 saturated carbocycles. The molecule has 3 aromatic carbocycles. The average molecular weight is 441 g/mol. The van der Waals surface area contributed by atoms with Crippen molar-refractivity contribution in [3.63, 3.8) is 0 Å². The second-order valence-corrected chi connectivity index (χ2v) is 8.77. The van der Waals surface area contributed by atoms with Gasteiger partial charge in [0.15, 0.2) is 11.2 Å². The van der Waals surface area contributed by atoms with E-state index in [1.807, 2.05) is 84.9 Å². The minimum atomic E-state index is -0.628. The molecule has 158 valence electrons. The maximum Gasteiger partial charge on any atom is 0.263 e. The first kappa shape index (κ1) is 20.2. The van der Waals surface area contributed by atoms with E-state index in [0.29, 0.717) is 11.0 Å². The van der Waals surface area contributed by atoms with Gasteiger partial charge in [0, 0.05) is 11.3 Å². The van der Waals surface area contributed by atoms with Gasteiger partial charge in [0.05, 0.1) is 10.9 Å². The first-order valence-electron chi connectivity index (χ1n) is 10.3. The van der Waals surface area contributed by atoms with Crippen LogP contribution >= 0.6 is 11.8 Å². The summed E-state index contributed by atoms with van der Waals surface area (Å²) in [6.45, 7) is 1.80. The third kappa shape index (κ3) is 3.71. The van der Waals surface area contributed by atoms with Gasteiger partial charge < -0.3 is 5.32 Å². The van der Waals surface area contributed by atoms with Crippen molar-refractivity contribution < 1.29 is 9.59 Å². The van der Waals surface area contributed by atoms with Gasteiger partial charge in [0.2, 0.25) is 5.91 Å². The standard InChI is InChI=1S/C25H20N4O2S/c1-16(23(30)26-18-12-6-3-7-13-18)32-25-27-20-15-9-8-14-19(20)22-28-21(24(31)29(22)25)17-10-4-2-5-11-17/h2-16,21H,1H3,(H,26,30)/t16-,21+/m0/s1. The summed E-state index contributed by atoms with van der Waals surface area (Å²) in [4.78, 5) is 37.2. The monoisotopic (exact) mass is 440 g/mol. The number of aliphatic imine (C=N–C) groups is 2. The second kappa shape index (κ2) is 8.43. The number of carbonyl (C=O) groups excluding carboxylic acids is 2. The van der Waals surface area contributed by atoms with E-state index in [1.165, 1.54) is 11.8 Å². The van der Waals surface area contributed by atoms with Gasteiger partial charge in [-0.05, 0) is 36.8 Å². The molecule has 0 unspecified atom stereocenters. The van der Waals surface area contributed by atoms with Crippen molar-refractivity contribution in [2.24, 2.45) is 9.98 Å². The third-order valence-electron chi connectivity index (χ3n) is 5.28. The van der Waals surface area contributed by atoms with Crippen LogP contribution in [0, 0.1) is 0 Å². The Morgan fingerprint density at radius 1 is 0.969 bits per heavy atom. The average Bonchev–Trinajstić information content (AvgIpc) is 3.18. The summed E-state index contributed by atoms with van der Waals surface area (Å²) in [5.41, 5.74) is 3.10. The molecule has 7 heteroatoms. The number of nitrogens with one attached hydrogen (secondary N) is 1. The quantitative estimate of drug-likeness (QED) is 0.635. The molecule has 1 N–H and O–H groups in total. The topological polar surface area (TPSA) is 74.1 Å². The van der Waals surface area contributed by atoms with Gasteiger partial charge >= 0.3 is 0 Å². The van der Waals surface area contributed by atoms with E-state index in [-0.39, 0.29) is 11.8 Å². The Morgan fingerprint density at radius 3 is 2.38 bits per heavy atom. The molecule has 0 spiro atoms. The largest absolute Gasteiger partial charge is 0.325 e. The lowest BCUT2D eigenvalue weighted by atomic mass is 10.1. The number of nitrogens with zero attached hydrogens (tertiary/aromatic N) is 3. The first-order valence-corrected chi connectivity index (χ1v) is 11.2. The Labute approximate surface area is 190 Å². The van der Waals surface area contributed by atoms with E-state index in [0.717, 1.165) is 22.5 Å². The number of amides is 2. The van der Waals surface area contributed by atoms with Crippen molar-refractivity contribution in [3.8, 4) is 0 Å². The lowest BCUT2D eigenvalue weighted by Crippen LogP contribution is -2.41. The SMILES string of the molecule is C[C@H](SC1=Nc2ccccc2C2=N[C@H](c3ccccc3)C(=O)N12)C(=O)Nc1ccccc1. The fourth-order valence-electron chi connectivity index (χ4n) is 3.66. The van der Waals surface area contributed by atoms with Crippen LogP contribution in [-0.2, 0) is 9.59 Å². The minimum absolute atomic E-state index is 0.160. The number of hydrogen-bond donors (Lipinski definition) is 1. The van der Waals surface area contributed by atoms with Crippen LogP contribution in [0.25, 0.3) is 0 Å². The molecular formula is C25H20N4O2S. The molecule has 0 aliphatic carbocycles. The predicted molar refractivity (Wildman–Crippen MR) is 128 cm³/mol. The van der Waals surface area contributed by atoms with Crippen LogP contribution in [-0.4, -0.2) is 33.0 Å². The zero-order valence-electron chi connectivity index (χ0n) is 17.3. The molecule has 2 aliphatic heterocycles. The van der Waals surface area contributed by atoms with Crippen molar-refractivity contribution in [2.75, 3.05) is 5.32 Å². The molecule has 2 atom stereocenters. The molecule has 0 bridgehead atoms. The molecule has 2 amide bonds. The Kier molecular flexibility index (Phi) is 5.33. The van der Waals surface area contributed by atoms with Gasteiger partial charge in [-0.25, -0.2) is 14.9 Å². The van der Waals surface area contributed by atoms with Gasteiger partial charge in [-0.3, -0.25) is 9.59 Å². The maximum absolute atomic E-state index is 13.4. The summed E-state index contributed by atoms with van der Waals surface area (Å²) in [5, 5.41) is 2.90. The summed E-state index contributed by atoms with van der Waals surface area (Å²) in [6.07, 6.45) is 0. The van der Waals surface area contributed by atoms with E-state index in [9.17, 15) is 9.59 Å². The number of hydrogen-bond acceptors (Lipinski definition) is 5. The highest BCUT2D eigenvalue weighted by Gasteiger charge is 2.42. The molecule has 3 aromatic rings. The van der Waals surface area contributed by atoms with Crippen LogP contribution in [0.5, 0.6) is 0 Å². The van der Waals surface area contributed by atoms with Crippen LogP contribution in [0.1, 0.15) is 24.1 Å². The normalized spacial score (nSPS) is 17.7. The molecule has 2 heterocycles. The highest BCUT2D eigenvalue weighted by atomic mass is 32.2. The molecule has 2 aliphatic rings. The number of amidine groups is 2. The minimum Gasteiger partial charge on any atom is -0.325 e. The van der Waals surface area contributed by atoms with Gasteiger partial charge in [0.1, 0.15) is 5.84 Å². The van der Waals surface area contributed by atoms with E-state index < -0.39 is 11.3 Å². The van der Waals surface area contributed by atoms with Crippen LogP contribution in [0.15, 0.2) is 94.9 Å². The van der Waals surface area contributed by atoms with Crippen molar-refractivity contribution >= 4 is 46.0 Å². The summed E-state index contributed by atoms with van der Waals surface area (Å²) in [7, 11) is 0. The summed E-state index contributed by atoms with van der Waals surface area (Å²) < 4.78 is 0. The van der Waals surface area contributed by atoms with E-state index in [4.69, 9.17) is 9.98 Å². The highest BCUT2D eigenvalue weighted by Crippen LogP contribution is 2.38. The van der Waals surface area contributed by atoms with Gasteiger partial charge in [-0.15, -0.1) is 0 Å². The van der Waals surface area contributed by atoms with Crippen LogP contribution in [0.2, 0.25) is 0 Å². The molecule has 0 radical (unpaired) electrons. The zero-order valence-corrected chi connectivity index (χ0v) is 18.1. The second-order valence-electron chi connectivity index (χ2n) is 7.47. The zero-order chi connectivity index (χ0) is 22.1. The predicted octanol–water partition coefficient (Wildman–Crippen LogP) is 4.78. The number of benzene rings is 3. The van der Waals surface area contributed by atoms with E-state index >= 15 is 0 Å². The van der Waals surface area contributed by atoms with Gasteiger partial charge in [-0.2, -0.15) is 0 Å². The number of anilines is 1. The Bertz CT molecular complexity index is 1240. The summed E-state index contributed by atoms with van der Waals surface area (Å²) >= 11 is 1.25. The lowest BCUT2D eigenvalue weighted by Gasteiger charge is -2.26. The van der Waals surface area contributed by atoms with Crippen molar-refractivity contribution in [3.05, 3.63) is 96.1 Å². The fourth-order valence-corrected chi connectivity index (χ4v) is 4.57. The molecular weight excluding hydrogens is 420 g/mol. The Hall–Kier alpha value is -3.71. The van der Waals surface area contributed by atoms with Crippen molar-refractivity contribution in [1.82, 2.24) is 4.90 Å². The molecule has 0 saturated heterocycles.